The Hall–Kier alpha value is -2.62. The summed E-state index contributed by atoms with van der Waals surface area (Å²) in [5.74, 6) is -0.558. The molecule has 0 atom stereocenters. The van der Waals surface area contributed by atoms with Gasteiger partial charge in [0.15, 0.2) is 0 Å². The van der Waals surface area contributed by atoms with Gasteiger partial charge in [-0.1, -0.05) is 71.9 Å². The Morgan fingerprint density at radius 3 is 2.14 bits per heavy atom. The molecule has 0 aliphatic rings. The number of rotatable bonds is 5. The summed E-state index contributed by atoms with van der Waals surface area (Å²) < 4.78 is 4.59. The third-order valence-electron chi connectivity index (χ3n) is 4.55. The normalized spacial score (nSPS) is 13.6. The van der Waals surface area contributed by atoms with Gasteiger partial charge in [0.25, 0.3) is 5.91 Å². The summed E-state index contributed by atoms with van der Waals surface area (Å²) in [7, 11) is 1.34. The van der Waals surface area contributed by atoms with Crippen LogP contribution in [0.5, 0.6) is 0 Å². The van der Waals surface area contributed by atoms with Crippen molar-refractivity contribution in [3.8, 4) is 0 Å². The Bertz CT molecular complexity index is 844. The number of methoxy groups -OCH3 is 1. The molecule has 1 aromatic carbocycles. The average molecular weight is 398 g/mol. The summed E-state index contributed by atoms with van der Waals surface area (Å²) in [6.07, 6.45) is 6.62. The minimum atomic E-state index is -0.404. The zero-order chi connectivity index (χ0) is 22.4. The molecule has 1 amide bonds. The van der Waals surface area contributed by atoms with Gasteiger partial charge >= 0.3 is 5.97 Å². The molecule has 0 fully saturated rings. The summed E-state index contributed by atoms with van der Waals surface area (Å²) in [4.78, 5) is 23.9. The van der Waals surface area contributed by atoms with E-state index >= 15 is 0 Å². The van der Waals surface area contributed by atoms with E-state index in [-0.39, 0.29) is 16.7 Å². The fraction of sp³-hybridized carbons (Fsp3) is 0.440. The van der Waals surface area contributed by atoms with E-state index in [1.165, 1.54) is 18.7 Å². The molecule has 4 heteroatoms. The fourth-order valence-corrected chi connectivity index (χ4v) is 2.67. The third kappa shape index (κ3) is 7.72. The average Bonchev–Trinajstić information content (AvgIpc) is 2.59. The molecule has 0 aliphatic heterocycles. The highest BCUT2D eigenvalue weighted by Crippen LogP contribution is 2.34. The van der Waals surface area contributed by atoms with Crippen molar-refractivity contribution in [2.45, 2.75) is 66.2 Å². The Labute approximate surface area is 175 Å². The molecule has 1 N–H and O–H groups in total. The van der Waals surface area contributed by atoms with Crippen molar-refractivity contribution in [3.05, 3.63) is 64.8 Å². The monoisotopic (exact) mass is 397 g/mol. The van der Waals surface area contributed by atoms with Gasteiger partial charge < -0.3 is 10.1 Å². The van der Waals surface area contributed by atoms with Gasteiger partial charge in [0.05, 0.1) is 7.11 Å². The van der Waals surface area contributed by atoms with Crippen molar-refractivity contribution < 1.29 is 14.3 Å². The molecule has 29 heavy (non-hydrogen) atoms. The molecule has 0 heterocycles. The number of amides is 1. The van der Waals surface area contributed by atoms with Gasteiger partial charge in [0.1, 0.15) is 0 Å². The molecule has 0 saturated heterocycles. The van der Waals surface area contributed by atoms with E-state index < -0.39 is 5.97 Å². The van der Waals surface area contributed by atoms with Crippen LogP contribution >= 0.6 is 0 Å². The van der Waals surface area contributed by atoms with Crippen LogP contribution in [-0.4, -0.2) is 19.0 Å². The first-order chi connectivity index (χ1) is 13.3. The van der Waals surface area contributed by atoms with Gasteiger partial charge in [-0.15, -0.1) is 0 Å². The van der Waals surface area contributed by atoms with Gasteiger partial charge in [0, 0.05) is 17.3 Å². The van der Waals surface area contributed by atoms with Crippen LogP contribution in [0, 0.1) is 0 Å². The predicted molar refractivity (Wildman–Crippen MR) is 121 cm³/mol. The quantitative estimate of drug-likeness (QED) is 0.386. The van der Waals surface area contributed by atoms with Crippen molar-refractivity contribution in [1.82, 2.24) is 0 Å². The van der Waals surface area contributed by atoms with E-state index in [1.54, 1.807) is 32.1 Å². The lowest BCUT2D eigenvalue weighted by atomic mass is 9.80. The summed E-state index contributed by atoms with van der Waals surface area (Å²) >= 11 is 0. The Morgan fingerprint density at radius 2 is 1.62 bits per heavy atom. The molecule has 0 unspecified atom stereocenters. The fourth-order valence-electron chi connectivity index (χ4n) is 2.67. The lowest BCUT2D eigenvalue weighted by molar-refractivity contribution is -0.134. The highest BCUT2D eigenvalue weighted by molar-refractivity contribution is 6.04. The predicted octanol–water partition coefficient (Wildman–Crippen LogP) is 5.84. The molecule has 1 rings (SSSR count). The summed E-state index contributed by atoms with van der Waals surface area (Å²) in [6.45, 7) is 16.5. The first-order valence-electron chi connectivity index (χ1n) is 9.83. The highest BCUT2D eigenvalue weighted by atomic mass is 16.5. The molecule has 0 aliphatic carbocycles. The van der Waals surface area contributed by atoms with E-state index in [2.05, 4.69) is 63.7 Å². The van der Waals surface area contributed by atoms with Crippen LogP contribution in [-0.2, 0) is 25.2 Å². The Kier molecular flexibility index (Phi) is 8.19. The zero-order valence-corrected chi connectivity index (χ0v) is 19.3. The number of carbonyl (C=O) groups is 2. The third-order valence-corrected chi connectivity index (χ3v) is 4.55. The molecule has 0 saturated carbocycles. The number of allylic oxidation sites excluding steroid dienone is 4. The van der Waals surface area contributed by atoms with Crippen LogP contribution < -0.4 is 5.32 Å². The Balaban J connectivity index is 3.06. The number of benzene rings is 1. The number of anilines is 1. The molecule has 0 bridgehead atoms. The molecule has 4 nitrogen and oxygen atoms in total. The van der Waals surface area contributed by atoms with Crippen LogP contribution in [0.25, 0.3) is 0 Å². The number of esters is 1. The number of carbonyl (C=O) groups excluding carboxylic acids is 2. The van der Waals surface area contributed by atoms with E-state index in [4.69, 9.17) is 0 Å². The number of hydrogen-bond donors (Lipinski definition) is 1. The topological polar surface area (TPSA) is 55.4 Å². The van der Waals surface area contributed by atoms with Crippen molar-refractivity contribution in [2.75, 3.05) is 12.4 Å². The first kappa shape index (κ1) is 24.4. The lowest BCUT2D eigenvalue weighted by Crippen LogP contribution is -2.21. The van der Waals surface area contributed by atoms with Crippen molar-refractivity contribution in [3.63, 3.8) is 0 Å². The van der Waals surface area contributed by atoms with Crippen LogP contribution in [0.3, 0.4) is 0 Å². The van der Waals surface area contributed by atoms with E-state index in [9.17, 15) is 9.59 Å². The maximum atomic E-state index is 12.7. The number of nitrogens with one attached hydrogen (secondary N) is 1. The van der Waals surface area contributed by atoms with Crippen LogP contribution in [0.4, 0.5) is 5.69 Å². The highest BCUT2D eigenvalue weighted by Gasteiger charge is 2.23. The van der Waals surface area contributed by atoms with Gasteiger partial charge in [-0.25, -0.2) is 4.79 Å². The Morgan fingerprint density at radius 1 is 1.00 bits per heavy atom. The largest absolute Gasteiger partial charge is 0.466 e. The lowest BCUT2D eigenvalue weighted by Gasteiger charge is -2.27. The second-order valence-corrected chi connectivity index (χ2v) is 9.33. The van der Waals surface area contributed by atoms with Crippen LogP contribution in [0.2, 0.25) is 0 Å². The maximum Gasteiger partial charge on any atom is 0.330 e. The van der Waals surface area contributed by atoms with Gasteiger partial charge in [-0.05, 0) is 47.4 Å². The molecule has 1 aromatic rings. The van der Waals surface area contributed by atoms with Crippen molar-refractivity contribution in [1.29, 1.82) is 0 Å². The van der Waals surface area contributed by atoms with Crippen LogP contribution in [0.15, 0.2) is 53.6 Å². The molecule has 158 valence electrons. The summed E-state index contributed by atoms with van der Waals surface area (Å²) in [5, 5.41) is 3.05. The maximum absolute atomic E-state index is 12.7. The first-order valence-corrected chi connectivity index (χ1v) is 9.83. The second-order valence-electron chi connectivity index (χ2n) is 9.33. The minimum Gasteiger partial charge on any atom is -0.466 e. The van der Waals surface area contributed by atoms with E-state index in [1.807, 2.05) is 6.07 Å². The molecular weight excluding hydrogens is 362 g/mol. The summed E-state index contributed by atoms with van der Waals surface area (Å²) in [6, 6.07) is 6.26. The molecular formula is C25H35NO3. The molecule has 0 spiro atoms. The van der Waals surface area contributed by atoms with Crippen molar-refractivity contribution >= 4 is 17.6 Å². The van der Waals surface area contributed by atoms with Crippen LogP contribution in [0.1, 0.15) is 66.5 Å². The zero-order valence-electron chi connectivity index (χ0n) is 19.3. The second kappa shape index (κ2) is 9.73. The number of ether oxygens (including phenoxy) is 1. The molecule has 0 radical (unpaired) electrons. The van der Waals surface area contributed by atoms with E-state index in [0.717, 1.165) is 16.8 Å². The minimum absolute atomic E-state index is 0.0404. The van der Waals surface area contributed by atoms with Crippen molar-refractivity contribution in [2.24, 2.45) is 0 Å². The smallest absolute Gasteiger partial charge is 0.330 e. The van der Waals surface area contributed by atoms with E-state index in [0.29, 0.717) is 5.57 Å². The van der Waals surface area contributed by atoms with Gasteiger partial charge in [0.2, 0.25) is 0 Å². The number of hydrogen-bond acceptors (Lipinski definition) is 3. The molecule has 0 aromatic heterocycles. The van der Waals surface area contributed by atoms with Gasteiger partial charge in [-0.2, -0.15) is 0 Å². The summed E-state index contributed by atoms with van der Waals surface area (Å²) in [5.41, 5.74) is 4.44. The standard InChI is InChI=1S/C25H35NO3/c1-17(15-22(27)29-9)11-10-12-18(2)23(28)26-21-14-13-19(24(3,4)5)16-20(21)25(6,7)8/h10-16H,1-9H3,(H,26,28)/b11-10+,17-15+,18-12+. The van der Waals surface area contributed by atoms with Gasteiger partial charge in [-0.3, -0.25) is 4.79 Å². The SMILES string of the molecule is COC(=O)/C=C(C)/C=C/C=C(\C)C(=O)Nc1ccc(C(C)(C)C)cc1C(C)(C)C.